The molecule has 1 N–H and O–H groups in total. The van der Waals surface area contributed by atoms with Crippen LogP contribution in [-0.2, 0) is 11.3 Å². The number of nitrogens with zero attached hydrogens (tertiary/aromatic N) is 5. The third kappa shape index (κ3) is 4.18. The third-order valence-electron chi connectivity index (χ3n) is 5.12. The molecule has 5 aromatic rings. The number of carbonyl (C=O) groups excluding carboxylic acids is 1. The Bertz CT molecular complexity index is 1590. The molecule has 9 nitrogen and oxygen atoms in total. The van der Waals surface area contributed by atoms with Gasteiger partial charge >= 0.3 is 5.69 Å². The van der Waals surface area contributed by atoms with Crippen LogP contribution in [0, 0.1) is 6.92 Å². The molecule has 0 saturated carbocycles. The van der Waals surface area contributed by atoms with Crippen molar-refractivity contribution >= 4 is 40.4 Å². The van der Waals surface area contributed by atoms with Crippen LogP contribution < -0.4 is 11.0 Å². The van der Waals surface area contributed by atoms with Crippen LogP contribution in [0.5, 0.6) is 0 Å². The van der Waals surface area contributed by atoms with Crippen LogP contribution in [0.2, 0.25) is 10.0 Å². The number of carbonyl (C=O) groups is 1. The van der Waals surface area contributed by atoms with Crippen molar-refractivity contribution in [1.29, 1.82) is 0 Å². The van der Waals surface area contributed by atoms with Crippen LogP contribution in [0.25, 0.3) is 28.5 Å². The number of amides is 1. The summed E-state index contributed by atoms with van der Waals surface area (Å²) in [5.74, 6) is 0.132. The van der Waals surface area contributed by atoms with Crippen molar-refractivity contribution in [3.8, 4) is 22.8 Å². The predicted molar refractivity (Wildman–Crippen MR) is 128 cm³/mol. The minimum atomic E-state index is -0.480. The Balaban J connectivity index is 1.44. The number of halogens is 2. The van der Waals surface area contributed by atoms with Crippen LogP contribution in [-0.4, -0.2) is 30.2 Å². The van der Waals surface area contributed by atoms with E-state index in [0.29, 0.717) is 27.1 Å². The lowest BCUT2D eigenvalue weighted by Crippen LogP contribution is -2.28. The molecule has 0 atom stereocenters. The maximum Gasteiger partial charge on any atom is 0.350 e. The molecule has 0 saturated heterocycles. The Morgan fingerprint density at radius 1 is 1.12 bits per heavy atom. The van der Waals surface area contributed by atoms with Crippen molar-refractivity contribution in [2.45, 2.75) is 13.5 Å². The Labute approximate surface area is 202 Å². The molecule has 0 spiro atoms. The lowest BCUT2D eigenvalue weighted by atomic mass is 10.2. The lowest BCUT2D eigenvalue weighted by molar-refractivity contribution is -0.117. The van der Waals surface area contributed by atoms with E-state index in [9.17, 15) is 9.59 Å². The Kier molecular flexibility index (Phi) is 5.64. The number of benzene rings is 2. The van der Waals surface area contributed by atoms with Crippen molar-refractivity contribution < 1.29 is 9.32 Å². The number of nitrogens with one attached hydrogen (secondary N) is 1. The van der Waals surface area contributed by atoms with Gasteiger partial charge in [0.1, 0.15) is 6.54 Å². The number of hydrogen-bond donors (Lipinski definition) is 1. The van der Waals surface area contributed by atoms with Gasteiger partial charge in [0.2, 0.25) is 11.7 Å². The smallest absolute Gasteiger partial charge is 0.333 e. The first-order valence-electron chi connectivity index (χ1n) is 10.1. The minimum absolute atomic E-state index is 0.187. The normalized spacial score (nSPS) is 11.1. The summed E-state index contributed by atoms with van der Waals surface area (Å²) in [5.41, 5.74) is 2.40. The van der Waals surface area contributed by atoms with E-state index >= 15 is 0 Å². The van der Waals surface area contributed by atoms with Crippen molar-refractivity contribution in [3.05, 3.63) is 86.9 Å². The van der Waals surface area contributed by atoms with Gasteiger partial charge in [-0.2, -0.15) is 4.98 Å². The van der Waals surface area contributed by atoms with Gasteiger partial charge in [0.05, 0.1) is 5.56 Å². The Morgan fingerprint density at radius 3 is 2.68 bits per heavy atom. The molecular weight excluding hydrogens is 479 g/mol. The molecule has 5 rings (SSSR count). The number of rotatable bonds is 5. The van der Waals surface area contributed by atoms with E-state index in [1.807, 2.05) is 6.92 Å². The van der Waals surface area contributed by atoms with E-state index in [1.165, 1.54) is 4.40 Å². The summed E-state index contributed by atoms with van der Waals surface area (Å²) >= 11 is 12.0. The number of aryl methyl sites for hydroxylation is 1. The average molecular weight is 495 g/mol. The highest BCUT2D eigenvalue weighted by atomic mass is 35.5. The van der Waals surface area contributed by atoms with Crippen LogP contribution >= 0.6 is 23.2 Å². The second-order valence-electron chi connectivity index (χ2n) is 7.50. The molecule has 34 heavy (non-hydrogen) atoms. The lowest BCUT2D eigenvalue weighted by Gasteiger charge is -2.06. The van der Waals surface area contributed by atoms with Crippen LogP contribution in [0.3, 0.4) is 0 Å². The van der Waals surface area contributed by atoms with E-state index in [2.05, 4.69) is 20.6 Å². The van der Waals surface area contributed by atoms with Gasteiger partial charge in [-0.05, 0) is 61.0 Å². The van der Waals surface area contributed by atoms with Gasteiger partial charge in [-0.25, -0.2) is 13.9 Å². The fourth-order valence-electron chi connectivity index (χ4n) is 3.36. The highest BCUT2D eigenvalue weighted by Gasteiger charge is 2.18. The first-order valence-corrected chi connectivity index (χ1v) is 10.9. The summed E-state index contributed by atoms with van der Waals surface area (Å²) in [5, 5.41) is 12.2. The molecule has 3 heterocycles. The fourth-order valence-corrected chi connectivity index (χ4v) is 3.67. The van der Waals surface area contributed by atoms with Crippen molar-refractivity contribution in [1.82, 2.24) is 24.3 Å². The zero-order chi connectivity index (χ0) is 23.8. The van der Waals surface area contributed by atoms with Crippen LogP contribution in [0.15, 0.2) is 70.1 Å². The quantitative estimate of drug-likeness (QED) is 0.386. The molecule has 11 heteroatoms. The van der Waals surface area contributed by atoms with E-state index in [1.54, 1.807) is 60.8 Å². The maximum atomic E-state index is 12.8. The van der Waals surface area contributed by atoms with Crippen LogP contribution in [0.1, 0.15) is 5.56 Å². The second kappa shape index (κ2) is 8.77. The number of hydrogen-bond acceptors (Lipinski definition) is 6. The molecule has 0 unspecified atom stereocenters. The van der Waals surface area contributed by atoms with E-state index in [4.69, 9.17) is 27.7 Å². The molecule has 0 radical (unpaired) electrons. The first kappa shape index (κ1) is 21.9. The van der Waals surface area contributed by atoms with Gasteiger partial charge in [0.25, 0.3) is 5.89 Å². The highest BCUT2D eigenvalue weighted by Crippen LogP contribution is 2.25. The zero-order valence-corrected chi connectivity index (χ0v) is 19.2. The van der Waals surface area contributed by atoms with E-state index in [0.717, 1.165) is 15.8 Å². The molecule has 0 aliphatic heterocycles. The average Bonchev–Trinajstić information content (AvgIpc) is 3.42. The van der Waals surface area contributed by atoms with Gasteiger partial charge in [0, 0.05) is 27.5 Å². The fraction of sp³-hybridized carbons (Fsp3) is 0.0870. The molecule has 170 valence electrons. The number of pyridine rings is 1. The van der Waals surface area contributed by atoms with Crippen molar-refractivity contribution in [2.24, 2.45) is 0 Å². The first-order chi connectivity index (χ1) is 16.4. The molecule has 0 aliphatic rings. The van der Waals surface area contributed by atoms with Crippen molar-refractivity contribution in [2.75, 3.05) is 5.32 Å². The SMILES string of the molecule is Cc1ccc(NC(=O)Cn2nc3c(-c4nc(-c5ccc(Cl)cc5)no4)cccn3c2=O)cc1Cl. The van der Waals surface area contributed by atoms with Gasteiger partial charge in [-0.15, -0.1) is 5.10 Å². The summed E-state index contributed by atoms with van der Waals surface area (Å²) < 4.78 is 7.81. The molecule has 3 aromatic heterocycles. The summed E-state index contributed by atoms with van der Waals surface area (Å²) in [6.07, 6.45) is 1.55. The van der Waals surface area contributed by atoms with Gasteiger partial charge in [0.15, 0.2) is 5.65 Å². The number of anilines is 1. The summed E-state index contributed by atoms with van der Waals surface area (Å²) in [6.45, 7) is 1.58. The van der Waals surface area contributed by atoms with Crippen molar-refractivity contribution in [3.63, 3.8) is 0 Å². The number of fused-ring (bicyclic) bond motifs is 1. The molecule has 1 amide bonds. The predicted octanol–water partition coefficient (Wildman–Crippen LogP) is 4.47. The molecule has 0 aliphatic carbocycles. The van der Waals surface area contributed by atoms with Crippen LogP contribution in [0.4, 0.5) is 5.69 Å². The number of aromatic nitrogens is 5. The van der Waals surface area contributed by atoms with E-state index in [-0.39, 0.29) is 18.1 Å². The Hall–Kier alpha value is -3.95. The summed E-state index contributed by atoms with van der Waals surface area (Å²) in [6, 6.07) is 15.5. The molecule has 2 aromatic carbocycles. The van der Waals surface area contributed by atoms with E-state index < -0.39 is 11.6 Å². The third-order valence-corrected chi connectivity index (χ3v) is 5.78. The maximum absolute atomic E-state index is 12.8. The van der Waals surface area contributed by atoms with Gasteiger partial charge in [-0.1, -0.05) is 34.4 Å². The Morgan fingerprint density at radius 2 is 1.91 bits per heavy atom. The molecule has 0 bridgehead atoms. The van der Waals surface area contributed by atoms with Gasteiger partial charge in [-0.3, -0.25) is 4.79 Å². The molecular formula is C23H16Cl2N6O3. The largest absolute Gasteiger partial charge is 0.350 e. The summed E-state index contributed by atoms with van der Waals surface area (Å²) in [4.78, 5) is 29.8. The zero-order valence-electron chi connectivity index (χ0n) is 17.7. The minimum Gasteiger partial charge on any atom is -0.333 e. The highest BCUT2D eigenvalue weighted by molar-refractivity contribution is 6.31. The standard InChI is InChI=1S/C23H16Cl2N6O3/c1-13-4-9-16(11-18(13)25)26-19(32)12-31-23(33)30-10-2-3-17(21(30)28-31)22-27-20(29-34-22)14-5-7-15(24)8-6-14/h2-11H,12H2,1H3,(H,26,32). The van der Waals surface area contributed by atoms with Gasteiger partial charge < -0.3 is 9.84 Å². The monoisotopic (exact) mass is 494 g/mol. The summed E-state index contributed by atoms with van der Waals surface area (Å²) in [7, 11) is 0. The molecule has 0 fully saturated rings. The topological polar surface area (TPSA) is 107 Å². The second-order valence-corrected chi connectivity index (χ2v) is 8.34.